The summed E-state index contributed by atoms with van der Waals surface area (Å²) in [4.78, 5) is 29.8. The van der Waals surface area contributed by atoms with E-state index in [1.54, 1.807) is 12.3 Å². The van der Waals surface area contributed by atoms with Crippen LogP contribution in [-0.4, -0.2) is 51.0 Å². The Bertz CT molecular complexity index is 713. The molecule has 0 aliphatic carbocycles. The Morgan fingerprint density at radius 2 is 2.38 bits per heavy atom. The number of primary amides is 1. The van der Waals surface area contributed by atoms with Crippen molar-refractivity contribution >= 4 is 28.3 Å². The van der Waals surface area contributed by atoms with E-state index in [4.69, 9.17) is 5.73 Å². The lowest BCUT2D eigenvalue weighted by atomic mass is 9.93. The molecule has 1 aliphatic rings. The summed E-state index contributed by atoms with van der Waals surface area (Å²) < 4.78 is 0. The van der Waals surface area contributed by atoms with Crippen molar-refractivity contribution in [3.8, 4) is 0 Å². The molecule has 3 heterocycles. The first kappa shape index (κ1) is 16.6. The zero-order valence-electron chi connectivity index (χ0n) is 13.4. The van der Waals surface area contributed by atoms with Crippen molar-refractivity contribution in [3.63, 3.8) is 0 Å². The van der Waals surface area contributed by atoms with E-state index in [9.17, 15) is 9.59 Å². The maximum absolute atomic E-state index is 12.4. The second-order valence-electron chi connectivity index (χ2n) is 5.91. The predicted molar refractivity (Wildman–Crippen MR) is 90.9 cm³/mol. The Kier molecular flexibility index (Phi) is 4.91. The number of hydrogen-bond donors (Lipinski definition) is 3. The van der Waals surface area contributed by atoms with Crippen molar-refractivity contribution in [2.75, 3.05) is 18.4 Å². The second-order valence-corrected chi connectivity index (χ2v) is 6.80. The average Bonchev–Trinajstić information content (AvgIpc) is 3.25. The standard InChI is InChI=1S/C15H20N6O2S/c1-9(14(23)18-15-17-4-6-24-15)21-5-2-3-10(8-21)11-7-12(13(16)22)20-19-11/h4,6-7,9-10H,2-3,5,8H2,1H3,(H2,16,22)(H,19,20)(H,17,18,23). The number of amides is 2. The summed E-state index contributed by atoms with van der Waals surface area (Å²) in [7, 11) is 0. The van der Waals surface area contributed by atoms with E-state index >= 15 is 0 Å². The summed E-state index contributed by atoms with van der Waals surface area (Å²) in [5, 5.41) is 12.1. The first-order chi connectivity index (χ1) is 11.5. The van der Waals surface area contributed by atoms with Gasteiger partial charge in [0.1, 0.15) is 5.69 Å². The van der Waals surface area contributed by atoms with Crippen LogP contribution in [0, 0.1) is 0 Å². The molecular formula is C15H20N6O2S. The van der Waals surface area contributed by atoms with Crippen molar-refractivity contribution in [2.45, 2.75) is 31.7 Å². The molecule has 2 amide bonds. The van der Waals surface area contributed by atoms with Crippen LogP contribution in [0.5, 0.6) is 0 Å². The summed E-state index contributed by atoms with van der Waals surface area (Å²) in [6.07, 6.45) is 3.62. The van der Waals surface area contributed by atoms with Gasteiger partial charge in [-0.3, -0.25) is 19.6 Å². The first-order valence-corrected chi connectivity index (χ1v) is 8.72. The molecule has 1 saturated heterocycles. The molecule has 1 aliphatic heterocycles. The molecule has 24 heavy (non-hydrogen) atoms. The van der Waals surface area contributed by atoms with Crippen LogP contribution in [0.2, 0.25) is 0 Å². The fourth-order valence-electron chi connectivity index (χ4n) is 2.94. The fraction of sp³-hybridized carbons (Fsp3) is 0.467. The maximum Gasteiger partial charge on any atom is 0.269 e. The Morgan fingerprint density at radius 3 is 3.04 bits per heavy atom. The summed E-state index contributed by atoms with van der Waals surface area (Å²) in [6, 6.07) is 1.45. The second kappa shape index (κ2) is 7.10. The van der Waals surface area contributed by atoms with Crippen LogP contribution in [0.4, 0.5) is 5.13 Å². The van der Waals surface area contributed by atoms with E-state index in [1.165, 1.54) is 11.3 Å². The summed E-state index contributed by atoms with van der Waals surface area (Å²) in [5.74, 6) is -0.399. The van der Waals surface area contributed by atoms with E-state index in [0.29, 0.717) is 5.13 Å². The fourth-order valence-corrected chi connectivity index (χ4v) is 3.48. The number of hydrogen-bond acceptors (Lipinski definition) is 6. The number of likely N-dealkylation sites (tertiary alicyclic amines) is 1. The number of anilines is 1. The molecule has 0 radical (unpaired) electrons. The number of rotatable bonds is 5. The average molecular weight is 348 g/mol. The molecule has 2 atom stereocenters. The molecule has 8 nitrogen and oxygen atoms in total. The molecule has 2 unspecified atom stereocenters. The number of carbonyl (C=O) groups is 2. The third-order valence-electron chi connectivity index (χ3n) is 4.33. The Balaban J connectivity index is 1.63. The van der Waals surface area contributed by atoms with Gasteiger partial charge >= 0.3 is 0 Å². The highest BCUT2D eigenvalue weighted by molar-refractivity contribution is 7.13. The zero-order chi connectivity index (χ0) is 17.1. The van der Waals surface area contributed by atoms with E-state index in [1.807, 2.05) is 12.3 Å². The first-order valence-electron chi connectivity index (χ1n) is 7.84. The third-order valence-corrected chi connectivity index (χ3v) is 5.02. The molecular weight excluding hydrogens is 328 g/mol. The van der Waals surface area contributed by atoms with Crippen LogP contribution in [0.15, 0.2) is 17.6 Å². The van der Waals surface area contributed by atoms with E-state index in [0.717, 1.165) is 31.6 Å². The van der Waals surface area contributed by atoms with Crippen LogP contribution in [0.25, 0.3) is 0 Å². The topological polar surface area (TPSA) is 117 Å². The smallest absolute Gasteiger partial charge is 0.269 e. The van der Waals surface area contributed by atoms with Crippen molar-refractivity contribution in [1.29, 1.82) is 0 Å². The molecule has 128 valence electrons. The highest BCUT2D eigenvalue weighted by atomic mass is 32.1. The number of piperidine rings is 1. The lowest BCUT2D eigenvalue weighted by Gasteiger charge is -2.35. The lowest BCUT2D eigenvalue weighted by Crippen LogP contribution is -2.46. The van der Waals surface area contributed by atoms with Gasteiger partial charge in [-0.1, -0.05) is 0 Å². The van der Waals surface area contributed by atoms with Crippen LogP contribution >= 0.6 is 11.3 Å². The van der Waals surface area contributed by atoms with Crippen LogP contribution in [0.3, 0.4) is 0 Å². The summed E-state index contributed by atoms with van der Waals surface area (Å²) in [5.41, 5.74) is 6.38. The predicted octanol–water partition coefficient (Wildman–Crippen LogP) is 1.17. The van der Waals surface area contributed by atoms with Gasteiger partial charge in [0.25, 0.3) is 5.91 Å². The highest BCUT2D eigenvalue weighted by Crippen LogP contribution is 2.27. The minimum absolute atomic E-state index is 0.0620. The van der Waals surface area contributed by atoms with Gasteiger partial charge in [0.05, 0.1) is 6.04 Å². The minimum atomic E-state index is -0.540. The largest absolute Gasteiger partial charge is 0.364 e. The maximum atomic E-state index is 12.4. The Hall–Kier alpha value is -2.26. The quantitative estimate of drug-likeness (QED) is 0.750. The molecule has 9 heteroatoms. The molecule has 2 aromatic heterocycles. The number of thiazole rings is 1. The molecule has 0 aromatic carbocycles. The van der Waals surface area contributed by atoms with Gasteiger partial charge in [-0.25, -0.2) is 4.98 Å². The van der Waals surface area contributed by atoms with E-state index < -0.39 is 5.91 Å². The van der Waals surface area contributed by atoms with Crippen LogP contribution in [-0.2, 0) is 4.79 Å². The van der Waals surface area contributed by atoms with Crippen molar-refractivity contribution in [2.24, 2.45) is 5.73 Å². The van der Waals surface area contributed by atoms with Gasteiger partial charge in [0, 0.05) is 29.7 Å². The summed E-state index contributed by atoms with van der Waals surface area (Å²) >= 11 is 1.40. The van der Waals surface area contributed by atoms with Crippen LogP contribution < -0.4 is 11.1 Å². The summed E-state index contributed by atoms with van der Waals surface area (Å²) in [6.45, 7) is 3.49. The number of nitrogens with zero attached hydrogens (tertiary/aromatic N) is 3. The normalized spacial score (nSPS) is 19.8. The molecule has 4 N–H and O–H groups in total. The van der Waals surface area contributed by atoms with Gasteiger partial charge in [0.15, 0.2) is 5.13 Å². The number of aromatic amines is 1. The molecule has 2 aromatic rings. The van der Waals surface area contributed by atoms with Crippen molar-refractivity contribution in [3.05, 3.63) is 29.0 Å². The highest BCUT2D eigenvalue weighted by Gasteiger charge is 2.29. The Labute approximate surface area is 143 Å². The van der Waals surface area contributed by atoms with Gasteiger partial charge in [-0.2, -0.15) is 5.10 Å². The van der Waals surface area contributed by atoms with E-state index in [2.05, 4.69) is 25.4 Å². The molecule has 0 saturated carbocycles. The minimum Gasteiger partial charge on any atom is -0.364 e. The number of nitrogens with two attached hydrogens (primary N) is 1. The van der Waals surface area contributed by atoms with Gasteiger partial charge in [-0.15, -0.1) is 11.3 Å². The molecule has 0 bridgehead atoms. The number of nitrogens with one attached hydrogen (secondary N) is 2. The molecule has 3 rings (SSSR count). The Morgan fingerprint density at radius 1 is 1.54 bits per heavy atom. The van der Waals surface area contributed by atoms with Gasteiger partial charge < -0.3 is 11.1 Å². The van der Waals surface area contributed by atoms with Gasteiger partial charge in [-0.05, 0) is 32.4 Å². The third kappa shape index (κ3) is 3.62. The van der Waals surface area contributed by atoms with E-state index in [-0.39, 0.29) is 23.6 Å². The molecule has 1 fully saturated rings. The number of carbonyl (C=O) groups excluding carboxylic acids is 2. The number of H-pyrrole nitrogens is 1. The SMILES string of the molecule is CC(C(=O)Nc1nccs1)N1CCCC(c2cc(C(N)=O)n[nH]2)C1. The number of aromatic nitrogens is 3. The van der Waals surface area contributed by atoms with Crippen molar-refractivity contribution < 1.29 is 9.59 Å². The molecule has 0 spiro atoms. The van der Waals surface area contributed by atoms with Gasteiger partial charge in [0.2, 0.25) is 5.91 Å². The lowest BCUT2D eigenvalue weighted by molar-refractivity contribution is -0.121. The van der Waals surface area contributed by atoms with Crippen molar-refractivity contribution in [1.82, 2.24) is 20.1 Å². The monoisotopic (exact) mass is 348 g/mol. The van der Waals surface area contributed by atoms with Crippen LogP contribution in [0.1, 0.15) is 41.9 Å². The zero-order valence-corrected chi connectivity index (χ0v) is 14.2.